The Morgan fingerprint density at radius 1 is 1.07 bits per heavy atom. The summed E-state index contributed by atoms with van der Waals surface area (Å²) in [7, 11) is 1.44. The molecule has 0 heterocycles. The molecule has 0 aromatic carbocycles. The number of aliphatic hydroxyl groups is 3. The monoisotopic (exact) mass is 422 g/mol. The van der Waals surface area contributed by atoms with Crippen molar-refractivity contribution in [3.8, 4) is 0 Å². The predicted molar refractivity (Wildman–Crippen MR) is 114 cm³/mol. The second kappa shape index (κ2) is 8.04. The van der Waals surface area contributed by atoms with E-state index in [1.165, 1.54) is 7.11 Å². The molecule has 5 nitrogen and oxygen atoms in total. The Morgan fingerprint density at radius 3 is 2.50 bits per heavy atom. The Labute approximate surface area is 181 Å². The summed E-state index contributed by atoms with van der Waals surface area (Å²) >= 11 is 0. The summed E-state index contributed by atoms with van der Waals surface area (Å²) in [5.74, 6) is 1.81. The van der Waals surface area contributed by atoms with Gasteiger partial charge in [-0.3, -0.25) is 4.79 Å². The molecule has 0 amide bonds. The molecule has 11 atom stereocenters. The molecule has 4 aliphatic rings. The van der Waals surface area contributed by atoms with Gasteiger partial charge < -0.3 is 20.1 Å². The smallest absolute Gasteiger partial charge is 0.305 e. The molecule has 0 spiro atoms. The van der Waals surface area contributed by atoms with Gasteiger partial charge in [0.2, 0.25) is 0 Å². The van der Waals surface area contributed by atoms with E-state index in [9.17, 15) is 20.1 Å². The number of esters is 1. The molecule has 4 fully saturated rings. The van der Waals surface area contributed by atoms with Crippen LogP contribution in [0.1, 0.15) is 78.6 Å². The van der Waals surface area contributed by atoms with E-state index in [-0.39, 0.29) is 41.0 Å². The third kappa shape index (κ3) is 3.34. The minimum absolute atomic E-state index is 0.111. The normalized spacial score (nSPS) is 51.4. The van der Waals surface area contributed by atoms with Crippen LogP contribution in [0.25, 0.3) is 0 Å². The third-order valence-corrected chi connectivity index (χ3v) is 10.6. The van der Waals surface area contributed by atoms with Crippen LogP contribution < -0.4 is 0 Å². The minimum atomic E-state index is -0.369. The number of carbonyl (C=O) groups excluding carboxylic acids is 1. The number of hydrogen-bond donors (Lipinski definition) is 3. The molecule has 0 aromatic rings. The van der Waals surface area contributed by atoms with Crippen LogP contribution in [0.3, 0.4) is 0 Å². The SMILES string of the molecule is COC(=O)CC[C@H](C)[C@@H]1CC[C@@H]2C3C(C[C@@H](O)[C@]21C)[C@]1(C)CC[C@H](O)C[C@@H]1C[C@@H]3O. The van der Waals surface area contributed by atoms with Gasteiger partial charge in [0.25, 0.3) is 0 Å². The van der Waals surface area contributed by atoms with E-state index in [2.05, 4.69) is 20.8 Å². The molecule has 0 aromatic heterocycles. The maximum absolute atomic E-state index is 11.7. The lowest BCUT2D eigenvalue weighted by Gasteiger charge is -2.63. The zero-order chi connectivity index (χ0) is 21.8. The summed E-state index contributed by atoms with van der Waals surface area (Å²) < 4.78 is 4.83. The van der Waals surface area contributed by atoms with Crippen LogP contribution >= 0.6 is 0 Å². The van der Waals surface area contributed by atoms with Crippen molar-refractivity contribution >= 4 is 5.97 Å². The maximum Gasteiger partial charge on any atom is 0.305 e. The molecular formula is C25H42O5. The maximum atomic E-state index is 11.7. The van der Waals surface area contributed by atoms with Gasteiger partial charge in [-0.05, 0) is 97.7 Å². The van der Waals surface area contributed by atoms with Crippen molar-refractivity contribution in [2.24, 2.45) is 46.3 Å². The first-order valence-corrected chi connectivity index (χ1v) is 12.2. The van der Waals surface area contributed by atoms with E-state index in [4.69, 9.17) is 4.74 Å². The van der Waals surface area contributed by atoms with Gasteiger partial charge in [-0.1, -0.05) is 20.8 Å². The molecule has 0 radical (unpaired) electrons. The summed E-state index contributed by atoms with van der Waals surface area (Å²) in [6.07, 6.45) is 6.60. The topological polar surface area (TPSA) is 87.0 Å². The third-order valence-electron chi connectivity index (χ3n) is 10.6. The van der Waals surface area contributed by atoms with E-state index in [0.717, 1.165) is 51.4 Å². The van der Waals surface area contributed by atoms with E-state index < -0.39 is 0 Å². The Morgan fingerprint density at radius 2 is 1.80 bits per heavy atom. The van der Waals surface area contributed by atoms with Gasteiger partial charge in [-0.15, -0.1) is 0 Å². The van der Waals surface area contributed by atoms with Crippen LogP contribution in [0.5, 0.6) is 0 Å². The van der Waals surface area contributed by atoms with Crippen LogP contribution in [0, 0.1) is 46.3 Å². The van der Waals surface area contributed by atoms with Crippen LogP contribution in [0.15, 0.2) is 0 Å². The number of methoxy groups -OCH3 is 1. The van der Waals surface area contributed by atoms with Gasteiger partial charge in [-0.25, -0.2) is 0 Å². The van der Waals surface area contributed by atoms with Crippen molar-refractivity contribution < 1.29 is 24.9 Å². The molecule has 4 aliphatic carbocycles. The highest BCUT2D eigenvalue weighted by molar-refractivity contribution is 5.69. The summed E-state index contributed by atoms with van der Waals surface area (Å²) in [6.45, 7) is 6.85. The standard InChI is InChI=1S/C25H42O5/c1-14(5-8-22(29)30-4)17-6-7-18-23-19(13-21(28)25(17,18)3)24(2)10-9-16(26)11-15(24)12-20(23)27/h14-21,23,26-28H,5-13H2,1-4H3/t14-,15+,16-,17-,18+,19?,20-,21+,23?,24+,25-/m0/s1. The summed E-state index contributed by atoms with van der Waals surface area (Å²) in [5, 5.41) is 33.1. The lowest BCUT2D eigenvalue weighted by molar-refractivity contribution is -0.207. The highest BCUT2D eigenvalue weighted by Crippen LogP contribution is 2.68. The van der Waals surface area contributed by atoms with Gasteiger partial charge >= 0.3 is 5.97 Å². The average Bonchev–Trinajstić information content (AvgIpc) is 3.06. The van der Waals surface area contributed by atoms with E-state index >= 15 is 0 Å². The highest BCUT2D eigenvalue weighted by Gasteiger charge is 2.65. The molecule has 3 N–H and O–H groups in total. The lowest BCUT2D eigenvalue weighted by atomic mass is 9.43. The zero-order valence-corrected chi connectivity index (χ0v) is 19.2. The first-order chi connectivity index (χ1) is 14.1. The van der Waals surface area contributed by atoms with Gasteiger partial charge in [0, 0.05) is 6.42 Å². The van der Waals surface area contributed by atoms with Crippen LogP contribution in [0.4, 0.5) is 0 Å². The molecule has 0 aliphatic heterocycles. The number of hydrogen-bond acceptors (Lipinski definition) is 5. The molecule has 0 bridgehead atoms. The number of aliphatic hydroxyl groups excluding tert-OH is 3. The highest BCUT2D eigenvalue weighted by atomic mass is 16.5. The van der Waals surface area contributed by atoms with Crippen molar-refractivity contribution in [3.05, 3.63) is 0 Å². The Kier molecular flexibility index (Phi) is 6.04. The number of fused-ring (bicyclic) bond motifs is 5. The Balaban J connectivity index is 1.58. The van der Waals surface area contributed by atoms with Gasteiger partial charge in [0.1, 0.15) is 0 Å². The first kappa shape index (κ1) is 22.5. The van der Waals surface area contributed by atoms with Gasteiger partial charge in [-0.2, -0.15) is 0 Å². The molecule has 172 valence electrons. The van der Waals surface area contributed by atoms with Crippen molar-refractivity contribution in [3.63, 3.8) is 0 Å². The largest absolute Gasteiger partial charge is 0.469 e. The van der Waals surface area contributed by atoms with Crippen LogP contribution in [0.2, 0.25) is 0 Å². The number of carbonyl (C=O) groups is 1. The molecule has 4 rings (SSSR count). The van der Waals surface area contributed by atoms with Crippen molar-refractivity contribution in [2.75, 3.05) is 7.11 Å². The van der Waals surface area contributed by atoms with Gasteiger partial charge in [0.15, 0.2) is 0 Å². The van der Waals surface area contributed by atoms with E-state index in [1.807, 2.05) is 0 Å². The average molecular weight is 423 g/mol. The lowest BCUT2D eigenvalue weighted by Crippen LogP contribution is -2.62. The number of rotatable bonds is 4. The van der Waals surface area contributed by atoms with E-state index in [0.29, 0.717) is 36.0 Å². The molecule has 4 saturated carbocycles. The zero-order valence-electron chi connectivity index (χ0n) is 19.2. The second-order valence-corrected chi connectivity index (χ2v) is 11.6. The fraction of sp³-hybridized carbons (Fsp3) is 0.960. The summed E-state index contributed by atoms with van der Waals surface area (Å²) in [4.78, 5) is 11.7. The van der Waals surface area contributed by atoms with Crippen molar-refractivity contribution in [2.45, 2.75) is 96.9 Å². The molecule has 2 unspecified atom stereocenters. The quantitative estimate of drug-likeness (QED) is 0.603. The fourth-order valence-electron chi connectivity index (χ4n) is 8.78. The molecule has 5 heteroatoms. The molecule has 30 heavy (non-hydrogen) atoms. The summed E-state index contributed by atoms with van der Waals surface area (Å²) in [5.41, 5.74) is -0.0882. The van der Waals surface area contributed by atoms with Crippen molar-refractivity contribution in [1.29, 1.82) is 0 Å². The first-order valence-electron chi connectivity index (χ1n) is 12.2. The van der Waals surface area contributed by atoms with E-state index in [1.54, 1.807) is 0 Å². The minimum Gasteiger partial charge on any atom is -0.469 e. The predicted octanol–water partition coefficient (Wildman–Crippen LogP) is 3.54. The molecular weight excluding hydrogens is 380 g/mol. The van der Waals surface area contributed by atoms with Gasteiger partial charge in [0.05, 0.1) is 25.4 Å². The van der Waals surface area contributed by atoms with Crippen LogP contribution in [-0.2, 0) is 9.53 Å². The molecule has 0 saturated heterocycles. The second-order valence-electron chi connectivity index (χ2n) is 11.6. The Hall–Kier alpha value is -0.650. The summed E-state index contributed by atoms with van der Waals surface area (Å²) in [6, 6.07) is 0. The number of ether oxygens (including phenoxy) is 1. The fourth-order valence-corrected chi connectivity index (χ4v) is 8.78. The van der Waals surface area contributed by atoms with Crippen molar-refractivity contribution in [1.82, 2.24) is 0 Å². The Bertz CT molecular complexity index is 651. The van der Waals surface area contributed by atoms with Crippen LogP contribution in [-0.4, -0.2) is 46.7 Å².